The van der Waals surface area contributed by atoms with Crippen molar-refractivity contribution in [2.45, 2.75) is 51.2 Å². The third-order valence-corrected chi connectivity index (χ3v) is 2.78. The molecule has 0 aromatic carbocycles. The number of halogens is 1. The van der Waals surface area contributed by atoms with Crippen molar-refractivity contribution in [3.8, 4) is 0 Å². The van der Waals surface area contributed by atoms with Crippen LogP contribution in [0.25, 0.3) is 0 Å². The Hall–Kier alpha value is -0.640. The van der Waals surface area contributed by atoms with E-state index in [2.05, 4.69) is 10.1 Å². The maximum absolute atomic E-state index is 13.8. The first-order valence-corrected chi connectivity index (χ1v) is 5.66. The van der Waals surface area contributed by atoms with Gasteiger partial charge >= 0.3 is 5.97 Å². The number of hydrogen-bond donors (Lipinski definition) is 1. The molecule has 3 nitrogen and oxygen atoms in total. The molecule has 15 heavy (non-hydrogen) atoms. The van der Waals surface area contributed by atoms with Crippen LogP contribution in [0.3, 0.4) is 0 Å². The molecule has 0 aromatic rings. The first-order valence-electron chi connectivity index (χ1n) is 5.66. The maximum Gasteiger partial charge on any atom is 0.344 e. The van der Waals surface area contributed by atoms with Gasteiger partial charge in [0.25, 0.3) is 0 Å². The highest BCUT2D eigenvalue weighted by atomic mass is 19.1. The van der Waals surface area contributed by atoms with Gasteiger partial charge in [-0.2, -0.15) is 0 Å². The number of esters is 1. The molecular weight excluding hydrogens is 197 g/mol. The fourth-order valence-electron chi connectivity index (χ4n) is 1.82. The van der Waals surface area contributed by atoms with Crippen LogP contribution in [0.5, 0.6) is 0 Å². The predicted octanol–water partition coefficient (Wildman–Crippen LogP) is 1.81. The lowest BCUT2D eigenvalue weighted by molar-refractivity contribution is -0.155. The van der Waals surface area contributed by atoms with Crippen molar-refractivity contribution in [2.24, 2.45) is 0 Å². The zero-order valence-corrected chi connectivity index (χ0v) is 9.51. The summed E-state index contributed by atoms with van der Waals surface area (Å²) in [5, 5.41) is 3.09. The van der Waals surface area contributed by atoms with Gasteiger partial charge in [-0.25, -0.2) is 9.18 Å². The van der Waals surface area contributed by atoms with Crippen molar-refractivity contribution in [1.82, 2.24) is 5.32 Å². The summed E-state index contributed by atoms with van der Waals surface area (Å²) < 4.78 is 18.5. The molecule has 88 valence electrons. The summed E-state index contributed by atoms with van der Waals surface area (Å²) in [6, 6.07) is 0.370. The predicted molar refractivity (Wildman–Crippen MR) is 56.4 cm³/mol. The highest BCUT2D eigenvalue weighted by Gasteiger charge is 2.35. The van der Waals surface area contributed by atoms with E-state index in [0.717, 1.165) is 12.8 Å². The van der Waals surface area contributed by atoms with E-state index in [1.165, 1.54) is 19.8 Å². The van der Waals surface area contributed by atoms with Crippen LogP contribution in [-0.2, 0) is 9.53 Å². The van der Waals surface area contributed by atoms with Crippen LogP contribution in [0.2, 0.25) is 0 Å². The van der Waals surface area contributed by atoms with Gasteiger partial charge in [0, 0.05) is 12.6 Å². The molecule has 0 saturated heterocycles. The SMILES string of the molecule is CCOC(=O)C(C)(F)CNC1CCCC1. The molecule has 1 aliphatic rings. The largest absolute Gasteiger partial charge is 0.464 e. The molecule has 0 heterocycles. The van der Waals surface area contributed by atoms with E-state index in [1.54, 1.807) is 6.92 Å². The van der Waals surface area contributed by atoms with E-state index in [1.807, 2.05) is 0 Å². The second-order valence-electron chi connectivity index (χ2n) is 4.28. The molecule has 1 unspecified atom stereocenters. The lowest BCUT2D eigenvalue weighted by Crippen LogP contribution is -2.45. The number of nitrogens with one attached hydrogen (secondary N) is 1. The number of rotatable bonds is 5. The Morgan fingerprint density at radius 3 is 2.67 bits per heavy atom. The summed E-state index contributed by atoms with van der Waals surface area (Å²) in [6.45, 7) is 3.23. The van der Waals surface area contributed by atoms with E-state index in [0.29, 0.717) is 6.04 Å². The van der Waals surface area contributed by atoms with Gasteiger partial charge in [-0.05, 0) is 26.7 Å². The Kier molecular flexibility index (Phi) is 4.51. The molecule has 0 bridgehead atoms. The standard InChI is InChI=1S/C11H20FNO2/c1-3-15-10(14)11(2,12)8-13-9-6-4-5-7-9/h9,13H,3-8H2,1-2H3. The van der Waals surface area contributed by atoms with E-state index < -0.39 is 11.6 Å². The van der Waals surface area contributed by atoms with Crippen LogP contribution < -0.4 is 5.32 Å². The van der Waals surface area contributed by atoms with E-state index in [-0.39, 0.29) is 13.2 Å². The average molecular weight is 217 g/mol. The van der Waals surface area contributed by atoms with E-state index >= 15 is 0 Å². The minimum absolute atomic E-state index is 0.0521. The summed E-state index contributed by atoms with van der Waals surface area (Å²) in [4.78, 5) is 11.2. The molecule has 1 rings (SSSR count). The number of ether oxygens (including phenoxy) is 1. The molecule has 1 fully saturated rings. The second kappa shape index (κ2) is 5.45. The Bertz CT molecular complexity index is 213. The normalized spacial score (nSPS) is 21.3. The Morgan fingerprint density at radius 2 is 2.13 bits per heavy atom. The first kappa shape index (κ1) is 12.4. The summed E-state index contributed by atoms with van der Waals surface area (Å²) >= 11 is 0. The number of carbonyl (C=O) groups is 1. The molecule has 0 aliphatic heterocycles. The maximum atomic E-state index is 13.8. The molecular formula is C11H20FNO2. The molecule has 0 radical (unpaired) electrons. The van der Waals surface area contributed by atoms with Crippen LogP contribution in [0.15, 0.2) is 0 Å². The van der Waals surface area contributed by atoms with Gasteiger partial charge in [0.1, 0.15) is 0 Å². The third kappa shape index (κ3) is 3.78. The molecule has 0 spiro atoms. The van der Waals surface area contributed by atoms with Gasteiger partial charge in [0.2, 0.25) is 5.67 Å². The van der Waals surface area contributed by atoms with Crippen molar-refractivity contribution in [3.05, 3.63) is 0 Å². The quantitative estimate of drug-likeness (QED) is 0.714. The van der Waals surface area contributed by atoms with Crippen LogP contribution in [0, 0.1) is 0 Å². The fraction of sp³-hybridized carbons (Fsp3) is 0.909. The molecule has 1 N–H and O–H groups in total. The van der Waals surface area contributed by atoms with Gasteiger partial charge < -0.3 is 10.1 Å². The first-order chi connectivity index (χ1) is 7.06. The Balaban J connectivity index is 2.30. The summed E-state index contributed by atoms with van der Waals surface area (Å²) in [6.07, 6.45) is 4.55. The van der Waals surface area contributed by atoms with Gasteiger partial charge in [0.15, 0.2) is 0 Å². The fourth-order valence-corrected chi connectivity index (χ4v) is 1.82. The summed E-state index contributed by atoms with van der Waals surface area (Å²) in [7, 11) is 0. The van der Waals surface area contributed by atoms with Crippen molar-refractivity contribution in [3.63, 3.8) is 0 Å². The molecule has 0 amide bonds. The molecule has 1 aliphatic carbocycles. The van der Waals surface area contributed by atoms with Crippen molar-refractivity contribution >= 4 is 5.97 Å². The molecule has 0 aromatic heterocycles. The lowest BCUT2D eigenvalue weighted by Gasteiger charge is -2.21. The average Bonchev–Trinajstić information content (AvgIpc) is 2.68. The minimum Gasteiger partial charge on any atom is -0.464 e. The number of hydrogen-bond acceptors (Lipinski definition) is 3. The van der Waals surface area contributed by atoms with Gasteiger partial charge in [0.05, 0.1) is 6.61 Å². The van der Waals surface area contributed by atoms with Crippen LogP contribution in [-0.4, -0.2) is 30.8 Å². The van der Waals surface area contributed by atoms with Gasteiger partial charge in [-0.3, -0.25) is 0 Å². The Morgan fingerprint density at radius 1 is 1.53 bits per heavy atom. The van der Waals surface area contributed by atoms with Crippen LogP contribution in [0.4, 0.5) is 4.39 Å². The summed E-state index contributed by atoms with van der Waals surface area (Å²) in [5.74, 6) is -0.768. The van der Waals surface area contributed by atoms with Crippen molar-refractivity contribution in [1.29, 1.82) is 0 Å². The second-order valence-corrected chi connectivity index (χ2v) is 4.28. The summed E-state index contributed by atoms with van der Waals surface area (Å²) in [5.41, 5.74) is -1.90. The highest BCUT2D eigenvalue weighted by Crippen LogP contribution is 2.19. The lowest BCUT2D eigenvalue weighted by atomic mass is 10.1. The number of alkyl halides is 1. The van der Waals surface area contributed by atoms with Crippen molar-refractivity contribution in [2.75, 3.05) is 13.2 Å². The number of carbonyl (C=O) groups excluding carboxylic acids is 1. The monoisotopic (exact) mass is 217 g/mol. The van der Waals surface area contributed by atoms with Crippen LogP contribution >= 0.6 is 0 Å². The smallest absolute Gasteiger partial charge is 0.344 e. The minimum atomic E-state index is -1.90. The van der Waals surface area contributed by atoms with Gasteiger partial charge in [-0.1, -0.05) is 12.8 Å². The van der Waals surface area contributed by atoms with Gasteiger partial charge in [-0.15, -0.1) is 0 Å². The topological polar surface area (TPSA) is 38.3 Å². The van der Waals surface area contributed by atoms with Crippen LogP contribution in [0.1, 0.15) is 39.5 Å². The highest BCUT2D eigenvalue weighted by molar-refractivity contribution is 5.79. The third-order valence-electron chi connectivity index (χ3n) is 2.78. The zero-order valence-electron chi connectivity index (χ0n) is 9.51. The molecule has 1 saturated carbocycles. The van der Waals surface area contributed by atoms with Crippen molar-refractivity contribution < 1.29 is 13.9 Å². The molecule has 4 heteroatoms. The Labute approximate surface area is 90.4 Å². The zero-order chi connectivity index (χ0) is 11.3. The molecule has 1 atom stereocenters. The van der Waals surface area contributed by atoms with E-state index in [9.17, 15) is 9.18 Å². The van der Waals surface area contributed by atoms with E-state index in [4.69, 9.17) is 0 Å².